The molecule has 0 saturated carbocycles. The number of hydrogen-bond donors (Lipinski definition) is 1. The first-order valence-electron chi connectivity index (χ1n) is 6.77. The molecule has 100 valence electrons. The van der Waals surface area contributed by atoms with Crippen LogP contribution in [0.5, 0.6) is 0 Å². The van der Waals surface area contributed by atoms with Gasteiger partial charge < -0.3 is 10.2 Å². The second-order valence-corrected chi connectivity index (χ2v) is 6.21. The molecule has 2 heterocycles. The van der Waals surface area contributed by atoms with Gasteiger partial charge in [0.05, 0.1) is 6.20 Å². The van der Waals surface area contributed by atoms with Gasteiger partial charge in [0.1, 0.15) is 0 Å². The molecule has 1 unspecified atom stereocenters. The Morgan fingerprint density at radius 3 is 2.89 bits per heavy atom. The van der Waals surface area contributed by atoms with Gasteiger partial charge in [-0.25, -0.2) is 0 Å². The smallest absolute Gasteiger partial charge is 0.151 e. The van der Waals surface area contributed by atoms with Gasteiger partial charge in [-0.15, -0.1) is 5.10 Å². The second kappa shape index (κ2) is 5.22. The van der Waals surface area contributed by atoms with Crippen LogP contribution in [0.3, 0.4) is 0 Å². The first kappa shape index (κ1) is 13.3. The van der Waals surface area contributed by atoms with E-state index in [4.69, 9.17) is 0 Å². The highest BCUT2D eigenvalue weighted by Gasteiger charge is 2.26. The molecule has 0 radical (unpaired) electrons. The van der Waals surface area contributed by atoms with E-state index in [-0.39, 0.29) is 5.54 Å². The van der Waals surface area contributed by atoms with Gasteiger partial charge in [-0.1, -0.05) is 0 Å². The molecule has 4 heteroatoms. The fourth-order valence-corrected chi connectivity index (χ4v) is 2.36. The van der Waals surface area contributed by atoms with Crippen molar-refractivity contribution >= 4 is 5.82 Å². The van der Waals surface area contributed by atoms with Gasteiger partial charge in [0.15, 0.2) is 5.82 Å². The van der Waals surface area contributed by atoms with Gasteiger partial charge in [-0.2, -0.15) is 5.10 Å². The van der Waals surface area contributed by atoms with Crippen molar-refractivity contribution in [2.24, 2.45) is 0 Å². The summed E-state index contributed by atoms with van der Waals surface area (Å²) in [6, 6.07) is 2.67. The Morgan fingerprint density at radius 2 is 2.22 bits per heavy atom. The van der Waals surface area contributed by atoms with Crippen LogP contribution in [0.25, 0.3) is 0 Å². The molecule has 0 aliphatic carbocycles. The molecule has 1 atom stereocenters. The van der Waals surface area contributed by atoms with Gasteiger partial charge in [-0.05, 0) is 52.2 Å². The van der Waals surface area contributed by atoms with Gasteiger partial charge >= 0.3 is 0 Å². The molecule has 1 aromatic heterocycles. The average Bonchev–Trinajstić information content (AvgIpc) is 2.73. The Labute approximate surface area is 110 Å². The van der Waals surface area contributed by atoms with Crippen molar-refractivity contribution < 1.29 is 0 Å². The monoisotopic (exact) mass is 248 g/mol. The molecule has 1 aliphatic rings. The van der Waals surface area contributed by atoms with E-state index >= 15 is 0 Å². The minimum atomic E-state index is 0.173. The number of rotatable bonds is 3. The maximum absolute atomic E-state index is 4.26. The predicted molar refractivity (Wildman–Crippen MR) is 74.9 cm³/mol. The van der Waals surface area contributed by atoms with Crippen LogP contribution in [0.4, 0.5) is 5.82 Å². The second-order valence-electron chi connectivity index (χ2n) is 6.21. The van der Waals surface area contributed by atoms with Crippen molar-refractivity contribution in [3.05, 3.63) is 17.8 Å². The lowest BCUT2D eigenvalue weighted by molar-refractivity contribution is 0.404. The quantitative estimate of drug-likeness (QED) is 0.890. The highest BCUT2D eigenvalue weighted by atomic mass is 15.3. The summed E-state index contributed by atoms with van der Waals surface area (Å²) >= 11 is 0. The van der Waals surface area contributed by atoms with Crippen molar-refractivity contribution in [3.8, 4) is 0 Å². The molecule has 0 spiro atoms. The Balaban J connectivity index is 2.03. The zero-order valence-electron chi connectivity index (χ0n) is 11.9. The molecule has 1 aliphatic heterocycles. The van der Waals surface area contributed by atoms with Crippen LogP contribution in [-0.4, -0.2) is 34.9 Å². The third kappa shape index (κ3) is 3.42. The van der Waals surface area contributed by atoms with Gasteiger partial charge in [-0.3, -0.25) is 0 Å². The Bertz CT molecular complexity index is 397. The maximum Gasteiger partial charge on any atom is 0.151 e. The van der Waals surface area contributed by atoms with E-state index in [0.717, 1.165) is 18.9 Å². The lowest BCUT2D eigenvalue weighted by atomic mass is 10.1. The van der Waals surface area contributed by atoms with E-state index < -0.39 is 0 Å². The minimum absolute atomic E-state index is 0.173. The molecule has 1 fully saturated rings. The SMILES string of the molecule is Cc1cnnc(N2CCCC2CNC(C)(C)C)c1. The molecular weight excluding hydrogens is 224 g/mol. The maximum atomic E-state index is 4.26. The first-order chi connectivity index (χ1) is 8.46. The summed E-state index contributed by atoms with van der Waals surface area (Å²) in [4.78, 5) is 2.39. The fraction of sp³-hybridized carbons (Fsp3) is 0.714. The van der Waals surface area contributed by atoms with E-state index in [1.54, 1.807) is 0 Å². The van der Waals surface area contributed by atoms with Crippen LogP contribution in [0, 0.1) is 6.92 Å². The summed E-state index contributed by atoms with van der Waals surface area (Å²) in [5.41, 5.74) is 1.35. The molecule has 1 saturated heterocycles. The number of nitrogens with zero attached hydrogens (tertiary/aromatic N) is 3. The number of nitrogens with one attached hydrogen (secondary N) is 1. The lowest BCUT2D eigenvalue weighted by Gasteiger charge is -2.29. The third-order valence-corrected chi connectivity index (χ3v) is 3.32. The predicted octanol–water partition coefficient (Wildman–Crippen LogP) is 2.14. The summed E-state index contributed by atoms with van der Waals surface area (Å²) in [7, 11) is 0. The average molecular weight is 248 g/mol. The molecule has 0 bridgehead atoms. The van der Waals surface area contributed by atoms with E-state index in [0.29, 0.717) is 6.04 Å². The molecule has 1 aromatic rings. The van der Waals surface area contributed by atoms with E-state index in [1.165, 1.54) is 18.4 Å². The van der Waals surface area contributed by atoms with E-state index in [1.807, 2.05) is 6.20 Å². The van der Waals surface area contributed by atoms with Crippen LogP contribution in [-0.2, 0) is 0 Å². The first-order valence-corrected chi connectivity index (χ1v) is 6.77. The van der Waals surface area contributed by atoms with Gasteiger partial charge in [0.2, 0.25) is 0 Å². The number of aromatic nitrogens is 2. The zero-order chi connectivity index (χ0) is 13.2. The molecule has 0 aromatic carbocycles. The largest absolute Gasteiger partial charge is 0.351 e. The molecule has 2 rings (SSSR count). The Morgan fingerprint density at radius 1 is 1.44 bits per heavy atom. The number of hydrogen-bond acceptors (Lipinski definition) is 4. The lowest BCUT2D eigenvalue weighted by Crippen LogP contribution is -2.45. The summed E-state index contributed by atoms with van der Waals surface area (Å²) in [5.74, 6) is 1.02. The zero-order valence-corrected chi connectivity index (χ0v) is 11.9. The Hall–Kier alpha value is -1.16. The van der Waals surface area contributed by atoms with Gasteiger partial charge in [0, 0.05) is 24.7 Å². The van der Waals surface area contributed by atoms with Crippen molar-refractivity contribution in [2.75, 3.05) is 18.0 Å². The van der Waals surface area contributed by atoms with E-state index in [2.05, 4.69) is 54.2 Å². The fourth-order valence-electron chi connectivity index (χ4n) is 2.36. The number of anilines is 1. The van der Waals surface area contributed by atoms with Crippen LogP contribution in [0.2, 0.25) is 0 Å². The van der Waals surface area contributed by atoms with Crippen LogP contribution in [0.1, 0.15) is 39.2 Å². The molecule has 1 N–H and O–H groups in total. The van der Waals surface area contributed by atoms with Crippen LogP contribution < -0.4 is 10.2 Å². The van der Waals surface area contributed by atoms with Crippen molar-refractivity contribution in [1.82, 2.24) is 15.5 Å². The standard InChI is InChI=1S/C14H24N4/c1-11-8-13(17-16-9-11)18-7-5-6-12(18)10-15-14(2,3)4/h8-9,12,15H,5-7,10H2,1-4H3. The molecule has 4 nitrogen and oxygen atoms in total. The summed E-state index contributed by atoms with van der Waals surface area (Å²) in [6.45, 7) is 10.8. The summed E-state index contributed by atoms with van der Waals surface area (Å²) in [5, 5.41) is 11.9. The third-order valence-electron chi connectivity index (χ3n) is 3.32. The minimum Gasteiger partial charge on any atom is -0.351 e. The summed E-state index contributed by atoms with van der Waals surface area (Å²) < 4.78 is 0. The van der Waals surface area contributed by atoms with Crippen LogP contribution >= 0.6 is 0 Å². The topological polar surface area (TPSA) is 41.1 Å². The van der Waals surface area contributed by atoms with Crippen molar-refractivity contribution in [1.29, 1.82) is 0 Å². The van der Waals surface area contributed by atoms with Crippen molar-refractivity contribution in [3.63, 3.8) is 0 Å². The highest BCUT2D eigenvalue weighted by molar-refractivity contribution is 5.41. The van der Waals surface area contributed by atoms with Crippen molar-refractivity contribution in [2.45, 2.75) is 52.1 Å². The molecule has 0 amide bonds. The van der Waals surface area contributed by atoms with E-state index in [9.17, 15) is 0 Å². The highest BCUT2D eigenvalue weighted by Crippen LogP contribution is 2.23. The van der Waals surface area contributed by atoms with Gasteiger partial charge in [0.25, 0.3) is 0 Å². The molecular formula is C14H24N4. The Kier molecular flexibility index (Phi) is 3.85. The summed E-state index contributed by atoms with van der Waals surface area (Å²) in [6.07, 6.45) is 4.28. The number of aryl methyl sites for hydroxylation is 1. The van der Waals surface area contributed by atoms with Crippen LogP contribution in [0.15, 0.2) is 12.3 Å². The molecule has 18 heavy (non-hydrogen) atoms. The normalized spacial score (nSPS) is 20.4.